The Balaban J connectivity index is 0.000000636. The van der Waals surface area contributed by atoms with Crippen LogP contribution >= 0.6 is 12.6 Å². The van der Waals surface area contributed by atoms with Gasteiger partial charge in [-0.15, -0.1) is 0 Å². The van der Waals surface area contributed by atoms with E-state index in [2.05, 4.69) is 25.6 Å². The van der Waals surface area contributed by atoms with E-state index in [1.54, 1.807) is 11.8 Å². The highest BCUT2D eigenvalue weighted by Crippen LogP contribution is 2.60. The predicted octanol–water partition coefficient (Wildman–Crippen LogP) is 5.18. The molecule has 0 heterocycles. The molecule has 3 aliphatic carbocycles. The van der Waals surface area contributed by atoms with Gasteiger partial charge in [-0.05, 0) is 91.2 Å². The van der Waals surface area contributed by atoms with E-state index in [4.69, 9.17) is 0 Å². The number of rotatable bonds is 0. The van der Waals surface area contributed by atoms with Crippen LogP contribution < -0.4 is 0 Å². The molecule has 0 aliphatic heterocycles. The zero-order valence-electron chi connectivity index (χ0n) is 13.3. The Morgan fingerprint density at radius 2 is 1.95 bits per heavy atom. The summed E-state index contributed by atoms with van der Waals surface area (Å²) in [6.45, 7) is 2.55. The van der Waals surface area contributed by atoms with E-state index in [0.29, 0.717) is 11.2 Å². The number of aryl methyl sites for hydroxylation is 1. The minimum atomic E-state index is 0.443. The van der Waals surface area contributed by atoms with E-state index in [1.165, 1.54) is 50.5 Å². The lowest BCUT2D eigenvalue weighted by Crippen LogP contribution is -2.39. The van der Waals surface area contributed by atoms with Crippen LogP contribution in [0.1, 0.15) is 62.5 Å². The smallest absolute Gasteiger partial charge is 0.115 e. The molecule has 2 heteroatoms. The van der Waals surface area contributed by atoms with Crippen LogP contribution in [0.3, 0.4) is 0 Å². The lowest BCUT2D eigenvalue weighted by atomic mass is 9.56. The van der Waals surface area contributed by atoms with Crippen molar-refractivity contribution in [1.29, 1.82) is 0 Å². The molecular weight excluding hydrogens is 276 g/mol. The number of hydrogen-bond donors (Lipinski definition) is 2. The lowest BCUT2D eigenvalue weighted by Gasteiger charge is -2.49. The Morgan fingerprint density at radius 3 is 2.76 bits per heavy atom. The minimum Gasteiger partial charge on any atom is -0.508 e. The summed E-state index contributed by atoms with van der Waals surface area (Å²) in [7, 11) is 0. The molecule has 0 spiro atoms. The highest BCUT2D eigenvalue weighted by atomic mass is 32.1. The Kier molecular flexibility index (Phi) is 4.27. The minimum absolute atomic E-state index is 0.443. The van der Waals surface area contributed by atoms with Crippen LogP contribution in [-0.4, -0.2) is 11.4 Å². The molecule has 4 atom stereocenters. The Morgan fingerprint density at radius 1 is 1.14 bits per heavy atom. The maximum atomic E-state index is 9.68. The van der Waals surface area contributed by atoms with E-state index < -0.39 is 0 Å². The zero-order chi connectivity index (χ0) is 15.0. The Hall–Kier alpha value is -0.630. The van der Waals surface area contributed by atoms with Gasteiger partial charge in [0.05, 0.1) is 0 Å². The van der Waals surface area contributed by atoms with Crippen LogP contribution in [-0.2, 0) is 6.42 Å². The van der Waals surface area contributed by atoms with Gasteiger partial charge in [-0.3, -0.25) is 0 Å². The topological polar surface area (TPSA) is 20.2 Å². The second kappa shape index (κ2) is 5.87. The molecular formula is C19H28OS. The molecule has 0 bridgehead atoms. The summed E-state index contributed by atoms with van der Waals surface area (Å²) in [5.74, 6) is 3.10. The van der Waals surface area contributed by atoms with Gasteiger partial charge in [0, 0.05) is 0 Å². The number of phenolic OH excluding ortho intramolecular Hbond substituents is 1. The maximum Gasteiger partial charge on any atom is 0.115 e. The highest BCUT2D eigenvalue weighted by Gasteiger charge is 2.50. The molecule has 2 fully saturated rings. The van der Waals surface area contributed by atoms with Crippen LogP contribution in [0.5, 0.6) is 5.75 Å². The number of aromatic hydroxyl groups is 1. The quantitative estimate of drug-likeness (QED) is 0.632. The first kappa shape index (κ1) is 15.3. The molecule has 4 unspecified atom stereocenters. The van der Waals surface area contributed by atoms with Gasteiger partial charge in [-0.2, -0.15) is 12.6 Å². The Labute approximate surface area is 134 Å². The summed E-state index contributed by atoms with van der Waals surface area (Å²) >= 11 is 3.53. The van der Waals surface area contributed by atoms with Gasteiger partial charge in [0.1, 0.15) is 5.75 Å². The molecule has 1 aromatic rings. The molecule has 4 rings (SSSR count). The summed E-state index contributed by atoms with van der Waals surface area (Å²) in [6.07, 6.45) is 11.4. The molecule has 0 aromatic heterocycles. The molecule has 116 valence electrons. The maximum absolute atomic E-state index is 9.68. The second-order valence-electron chi connectivity index (χ2n) is 7.38. The molecule has 21 heavy (non-hydrogen) atoms. The third kappa shape index (κ3) is 2.50. The highest BCUT2D eigenvalue weighted by molar-refractivity contribution is 7.79. The monoisotopic (exact) mass is 304 g/mol. The van der Waals surface area contributed by atoms with Crippen molar-refractivity contribution in [3.63, 3.8) is 0 Å². The fourth-order valence-electron chi connectivity index (χ4n) is 5.56. The molecule has 0 radical (unpaired) electrons. The summed E-state index contributed by atoms with van der Waals surface area (Å²) in [5, 5.41) is 9.68. The first-order chi connectivity index (χ1) is 10.2. The number of benzene rings is 1. The van der Waals surface area contributed by atoms with Gasteiger partial charge in [0.15, 0.2) is 0 Å². The van der Waals surface area contributed by atoms with Crippen LogP contribution in [0.15, 0.2) is 18.2 Å². The molecule has 0 saturated heterocycles. The molecule has 1 nitrogen and oxygen atoms in total. The Bertz CT molecular complexity index is 512. The average Bonchev–Trinajstić information content (AvgIpc) is 2.90. The van der Waals surface area contributed by atoms with Gasteiger partial charge in [0.2, 0.25) is 0 Å². The van der Waals surface area contributed by atoms with Gasteiger partial charge in [0.25, 0.3) is 0 Å². The van der Waals surface area contributed by atoms with E-state index in [-0.39, 0.29) is 0 Å². The third-order valence-electron chi connectivity index (χ3n) is 6.49. The van der Waals surface area contributed by atoms with Crippen molar-refractivity contribution in [2.24, 2.45) is 17.3 Å². The van der Waals surface area contributed by atoms with Crippen molar-refractivity contribution in [3.05, 3.63) is 29.3 Å². The molecule has 2 saturated carbocycles. The first-order valence-corrected chi connectivity index (χ1v) is 9.33. The number of thiol groups is 1. The van der Waals surface area contributed by atoms with Crippen molar-refractivity contribution < 1.29 is 5.11 Å². The first-order valence-electron chi connectivity index (χ1n) is 8.44. The van der Waals surface area contributed by atoms with Crippen LogP contribution in [0.25, 0.3) is 0 Å². The fraction of sp³-hybridized carbons (Fsp3) is 0.684. The fourth-order valence-corrected chi connectivity index (χ4v) is 5.56. The molecule has 1 aromatic carbocycles. The van der Waals surface area contributed by atoms with Crippen LogP contribution in [0, 0.1) is 17.3 Å². The zero-order valence-corrected chi connectivity index (χ0v) is 14.2. The van der Waals surface area contributed by atoms with Gasteiger partial charge >= 0.3 is 0 Å². The van der Waals surface area contributed by atoms with Crippen molar-refractivity contribution in [3.8, 4) is 5.75 Å². The van der Waals surface area contributed by atoms with Gasteiger partial charge in [-0.1, -0.05) is 19.4 Å². The van der Waals surface area contributed by atoms with E-state index in [9.17, 15) is 5.11 Å². The second-order valence-corrected chi connectivity index (χ2v) is 7.38. The van der Waals surface area contributed by atoms with E-state index >= 15 is 0 Å². The van der Waals surface area contributed by atoms with Crippen molar-refractivity contribution in [2.45, 2.75) is 57.8 Å². The number of fused-ring (bicyclic) bond motifs is 5. The molecule has 3 aliphatic rings. The standard InChI is InChI=1S/C18H24O.CH4S/c1-18-9-2-3-17(18)16-6-4-12-11-13(19)5-7-14(12)15(16)8-10-18;1-2/h5,7,11,15-17,19H,2-4,6,8-10H2,1H3;2H,1H3. The summed E-state index contributed by atoms with van der Waals surface area (Å²) < 4.78 is 0. The summed E-state index contributed by atoms with van der Waals surface area (Å²) in [4.78, 5) is 0. The number of phenols is 1. The molecule has 0 amide bonds. The third-order valence-corrected chi connectivity index (χ3v) is 6.49. The van der Waals surface area contributed by atoms with E-state index in [0.717, 1.165) is 17.8 Å². The van der Waals surface area contributed by atoms with E-state index in [1.807, 2.05) is 12.1 Å². The van der Waals surface area contributed by atoms with Gasteiger partial charge < -0.3 is 5.11 Å². The summed E-state index contributed by atoms with van der Waals surface area (Å²) in [6, 6.07) is 6.11. The van der Waals surface area contributed by atoms with Crippen molar-refractivity contribution >= 4 is 12.6 Å². The van der Waals surface area contributed by atoms with Gasteiger partial charge in [-0.25, -0.2) is 0 Å². The van der Waals surface area contributed by atoms with Crippen molar-refractivity contribution in [2.75, 3.05) is 6.26 Å². The summed E-state index contributed by atoms with van der Waals surface area (Å²) in [5.41, 5.74) is 3.63. The molecule has 1 N–H and O–H groups in total. The normalized spacial score (nSPS) is 36.8. The van der Waals surface area contributed by atoms with Crippen LogP contribution in [0.2, 0.25) is 0 Å². The van der Waals surface area contributed by atoms with Crippen LogP contribution in [0.4, 0.5) is 0 Å². The SMILES string of the molecule is CC12CCCC1C1CCc3cc(O)ccc3C1CC2.CS. The lowest BCUT2D eigenvalue weighted by molar-refractivity contribution is 0.0598. The number of hydrogen-bond acceptors (Lipinski definition) is 2. The average molecular weight is 304 g/mol. The largest absolute Gasteiger partial charge is 0.508 e. The van der Waals surface area contributed by atoms with Crippen molar-refractivity contribution in [1.82, 2.24) is 0 Å². The predicted molar refractivity (Wildman–Crippen MR) is 92.3 cm³/mol.